The lowest BCUT2D eigenvalue weighted by Crippen LogP contribution is -1.97. The lowest BCUT2D eigenvalue weighted by atomic mass is 10.1. The van der Waals surface area contributed by atoms with Crippen molar-refractivity contribution in [3.05, 3.63) is 0 Å². The summed E-state index contributed by atoms with van der Waals surface area (Å²) in [7, 11) is -4.31. The van der Waals surface area contributed by atoms with E-state index in [1.54, 1.807) is 40.8 Å². The van der Waals surface area contributed by atoms with Gasteiger partial charge in [0.1, 0.15) is 44.5 Å². The summed E-state index contributed by atoms with van der Waals surface area (Å²) in [5.74, 6) is 1.49. The molecule has 0 amide bonds. The van der Waals surface area contributed by atoms with Gasteiger partial charge in [0.05, 0.1) is 13.6 Å². The van der Waals surface area contributed by atoms with Crippen LogP contribution >= 0.6 is 7.14 Å². The molecule has 0 aromatic carbocycles. The zero-order chi connectivity index (χ0) is 37.0. The first-order valence-corrected chi connectivity index (χ1v) is 19.9. The molecule has 0 radical (unpaired) electrons. The normalized spacial score (nSPS) is 9.00. The third-order valence-corrected chi connectivity index (χ3v) is 2.16. The third-order valence-electron chi connectivity index (χ3n) is 2.16. The molecular weight excluding hydrogens is 591 g/mol. The van der Waals surface area contributed by atoms with E-state index in [1.807, 2.05) is 6.92 Å². The predicted octanol–water partition coefficient (Wildman–Crippen LogP) is 7.84. The molecule has 0 aliphatic rings. The lowest BCUT2D eigenvalue weighted by molar-refractivity contribution is -0.125. The predicted molar refractivity (Wildman–Crippen MR) is 186 cm³/mol. The standard InChI is InChI=1S/C7H12O2.C5H8O2.C5H10O.C4H10.C3H9OP.C3H6O.C3H8.C2H6O2S/c1-6(8)4-3-5-7(2)9;1-4(6)3-5(2)7;1-3-4-5(2)6;1-4(2)3;1-5(2,3)4;1-3(2)4;1-3-2;1-5(2,3)4/h3-5H2,1-2H3;3H2,1-2H3;3-4H2,1-2H3;4H,1-3H3;1-3H3;1-2H3;3H2,1-2H3;1-2H3. The maximum absolute atomic E-state index is 10.3. The molecule has 43 heavy (non-hydrogen) atoms. The molecule has 0 rings (SSSR count). The largest absolute Gasteiger partial charge is 0.324 e. The summed E-state index contributed by atoms with van der Waals surface area (Å²) in [5, 5.41) is 0. The fraction of sp³-hybridized carbons (Fsp3) is 0.812. The number of carbonyl (C=O) groups is 6. The Bertz CT molecular complexity index is 805. The van der Waals surface area contributed by atoms with Crippen LogP contribution in [0.5, 0.6) is 0 Å². The highest BCUT2D eigenvalue weighted by Crippen LogP contribution is 2.28. The first kappa shape index (κ1) is 60.4. The highest BCUT2D eigenvalue weighted by atomic mass is 32.2. The number of ketones is 6. The van der Waals surface area contributed by atoms with Gasteiger partial charge in [-0.25, -0.2) is 8.42 Å². The molecule has 0 atom stereocenters. The first-order valence-electron chi connectivity index (χ1n) is 14.5. The Morgan fingerprint density at radius 3 is 0.791 bits per heavy atom. The van der Waals surface area contributed by atoms with Crippen molar-refractivity contribution in [1.82, 2.24) is 0 Å². The van der Waals surface area contributed by atoms with Crippen LogP contribution in [0.15, 0.2) is 0 Å². The summed E-state index contributed by atoms with van der Waals surface area (Å²) in [4.78, 5) is 60.2. The summed E-state index contributed by atoms with van der Waals surface area (Å²) in [5.41, 5.74) is 0. The van der Waals surface area contributed by atoms with Gasteiger partial charge in [-0.3, -0.25) is 9.59 Å². The monoisotopic (exact) mass is 660 g/mol. The molecule has 9 nitrogen and oxygen atoms in total. The number of hydrogen-bond donors (Lipinski definition) is 0. The van der Waals surface area contributed by atoms with Gasteiger partial charge < -0.3 is 23.7 Å². The van der Waals surface area contributed by atoms with E-state index in [1.165, 1.54) is 34.1 Å². The number of carbonyl (C=O) groups excluding carboxylic acids is 6. The quantitative estimate of drug-likeness (QED) is 0.187. The van der Waals surface area contributed by atoms with E-state index in [-0.39, 0.29) is 41.1 Å². The van der Waals surface area contributed by atoms with Crippen LogP contribution in [0.2, 0.25) is 0 Å². The average Bonchev–Trinajstić information content (AvgIpc) is 2.64. The molecule has 0 N–H and O–H groups in total. The molecule has 0 aliphatic heterocycles. The topological polar surface area (TPSA) is 154 Å². The van der Waals surface area contributed by atoms with Crippen LogP contribution in [0.1, 0.15) is 135 Å². The van der Waals surface area contributed by atoms with Crippen molar-refractivity contribution in [3.63, 3.8) is 0 Å². The summed E-state index contributed by atoms with van der Waals surface area (Å²) >= 11 is 0. The molecule has 0 fully saturated rings. The highest BCUT2D eigenvalue weighted by Gasteiger charge is 1.95. The molecule has 0 unspecified atom stereocenters. The fourth-order valence-corrected chi connectivity index (χ4v) is 1.29. The van der Waals surface area contributed by atoms with Crippen molar-refractivity contribution in [2.24, 2.45) is 5.92 Å². The minimum atomic E-state index is -2.67. The molecule has 11 heteroatoms. The van der Waals surface area contributed by atoms with Crippen LogP contribution in [-0.2, 0) is 43.2 Å². The molecule has 0 aromatic rings. The minimum absolute atomic E-state index is 0.0625. The summed E-state index contributed by atoms with van der Waals surface area (Å²) < 4.78 is 29.5. The average molecular weight is 661 g/mol. The van der Waals surface area contributed by atoms with Gasteiger partial charge in [0.2, 0.25) is 0 Å². The fourth-order valence-electron chi connectivity index (χ4n) is 1.29. The van der Waals surface area contributed by atoms with Crippen molar-refractivity contribution in [2.75, 3.05) is 32.5 Å². The Morgan fingerprint density at radius 2 is 0.744 bits per heavy atom. The van der Waals surface area contributed by atoms with Gasteiger partial charge in [0.15, 0.2) is 0 Å². The zero-order valence-corrected chi connectivity index (χ0v) is 32.8. The Morgan fingerprint density at radius 1 is 0.581 bits per heavy atom. The van der Waals surface area contributed by atoms with Crippen molar-refractivity contribution in [3.8, 4) is 0 Å². The molecule has 0 saturated carbocycles. The number of Topliss-reactive ketones (excluding diaryl/α,β-unsaturated/α-hetero) is 6. The van der Waals surface area contributed by atoms with Gasteiger partial charge in [-0.1, -0.05) is 48.0 Å². The van der Waals surface area contributed by atoms with E-state index in [2.05, 4.69) is 34.6 Å². The van der Waals surface area contributed by atoms with Crippen LogP contribution in [-0.4, -0.2) is 75.6 Å². The number of rotatable bonds is 8. The van der Waals surface area contributed by atoms with Gasteiger partial charge in [-0.05, 0) is 87.2 Å². The van der Waals surface area contributed by atoms with E-state index in [0.29, 0.717) is 19.3 Å². The smallest absolute Gasteiger partial charge is 0.144 e. The summed E-state index contributed by atoms with van der Waals surface area (Å²) in [6.07, 6.45) is 7.17. The van der Waals surface area contributed by atoms with E-state index >= 15 is 0 Å². The highest BCUT2D eigenvalue weighted by molar-refractivity contribution is 7.89. The van der Waals surface area contributed by atoms with Crippen molar-refractivity contribution in [1.29, 1.82) is 0 Å². The van der Waals surface area contributed by atoms with Gasteiger partial charge >= 0.3 is 0 Å². The molecule has 0 aliphatic carbocycles. The van der Waals surface area contributed by atoms with Gasteiger partial charge in [-0.15, -0.1) is 0 Å². The van der Waals surface area contributed by atoms with Gasteiger partial charge in [0, 0.05) is 31.8 Å². The van der Waals surface area contributed by atoms with Crippen LogP contribution in [0.25, 0.3) is 0 Å². The maximum atomic E-state index is 10.3. The van der Waals surface area contributed by atoms with Crippen LogP contribution in [0, 0.1) is 5.92 Å². The Balaban J connectivity index is -0.0000000555. The van der Waals surface area contributed by atoms with E-state index in [4.69, 9.17) is 0 Å². The molecule has 0 bridgehead atoms. The zero-order valence-electron chi connectivity index (χ0n) is 31.1. The van der Waals surface area contributed by atoms with E-state index in [0.717, 1.165) is 31.3 Å². The SMILES string of the molecule is CC(=O)CC(C)=O.CC(=O)CCCC(C)=O.CC(C)=O.CC(C)C.CCC.CCCC(C)=O.CP(C)(C)=O.CS(C)(=O)=O. The first-order chi connectivity index (χ1) is 18.9. The molecule has 0 heterocycles. The van der Waals surface area contributed by atoms with Crippen LogP contribution in [0.4, 0.5) is 0 Å². The maximum Gasteiger partial charge on any atom is 0.144 e. The second-order valence-corrected chi connectivity index (χ2v) is 17.7. The lowest BCUT2D eigenvalue weighted by Gasteiger charge is -1.90. The van der Waals surface area contributed by atoms with Crippen molar-refractivity contribution >= 4 is 51.7 Å². The van der Waals surface area contributed by atoms with Gasteiger partial charge in [-0.2, -0.15) is 0 Å². The van der Waals surface area contributed by atoms with Crippen LogP contribution < -0.4 is 0 Å². The minimum Gasteiger partial charge on any atom is -0.324 e. The van der Waals surface area contributed by atoms with E-state index < -0.39 is 17.0 Å². The molecule has 0 spiro atoms. The summed E-state index contributed by atoms with van der Waals surface area (Å²) in [6.45, 7) is 28.5. The molecule has 0 saturated heterocycles. The summed E-state index contributed by atoms with van der Waals surface area (Å²) in [6, 6.07) is 0. The number of sulfone groups is 1. The second-order valence-electron chi connectivity index (χ2n) is 11.7. The molecule has 262 valence electrons. The Hall–Kier alpha value is -1.80. The van der Waals surface area contributed by atoms with E-state index in [9.17, 15) is 41.8 Å². The van der Waals surface area contributed by atoms with Crippen molar-refractivity contribution in [2.45, 2.75) is 135 Å². The Labute approximate surface area is 266 Å². The van der Waals surface area contributed by atoms with Gasteiger partial charge in [0.25, 0.3) is 0 Å². The second kappa shape index (κ2) is 42.3. The van der Waals surface area contributed by atoms with Crippen molar-refractivity contribution < 1.29 is 41.8 Å². The third kappa shape index (κ3) is 468. The molecule has 0 aromatic heterocycles. The Kier molecular flexibility index (Phi) is 59.5. The molecular formula is C32H69O9PS. The number of hydrogen-bond acceptors (Lipinski definition) is 9. The van der Waals surface area contributed by atoms with Crippen LogP contribution in [0.3, 0.4) is 0 Å².